The molecule has 0 amide bonds. The molecule has 0 saturated carbocycles. The number of aliphatic carboxylic acids is 1. The van der Waals surface area contributed by atoms with E-state index in [2.05, 4.69) is 53.8 Å². The van der Waals surface area contributed by atoms with Gasteiger partial charge in [0.2, 0.25) is 5.16 Å². The maximum atomic E-state index is 10.7. The number of aromatic amines is 1. The summed E-state index contributed by atoms with van der Waals surface area (Å²) in [7, 11) is 0. The highest BCUT2D eigenvalue weighted by Gasteiger charge is 2.13. The van der Waals surface area contributed by atoms with Crippen LogP contribution in [0, 0.1) is 13.8 Å². The van der Waals surface area contributed by atoms with Crippen molar-refractivity contribution in [3.63, 3.8) is 0 Å². The summed E-state index contributed by atoms with van der Waals surface area (Å²) in [5, 5.41) is 15.9. The van der Waals surface area contributed by atoms with Crippen LogP contribution >= 0.6 is 11.8 Å². The molecule has 0 spiro atoms. The number of benzene rings is 1. The van der Waals surface area contributed by atoms with Crippen LogP contribution in [-0.4, -0.2) is 32.0 Å². The predicted octanol–water partition coefficient (Wildman–Crippen LogP) is 5.55. The SMILES string of the molecule is C=C/C(=C\C(=C/C)OCc1ccc(C)c(C)c1)c1ccc(-c2nc(SCC(=O)O)n[nH]2)o1. The fourth-order valence-electron chi connectivity index (χ4n) is 2.82. The minimum atomic E-state index is -0.929. The van der Waals surface area contributed by atoms with Crippen molar-refractivity contribution in [1.82, 2.24) is 15.2 Å². The molecule has 2 aromatic heterocycles. The molecule has 0 fully saturated rings. The number of thioether (sulfide) groups is 1. The van der Waals surface area contributed by atoms with Gasteiger partial charge in [0.25, 0.3) is 0 Å². The lowest BCUT2D eigenvalue weighted by Crippen LogP contribution is -1.97. The van der Waals surface area contributed by atoms with Gasteiger partial charge in [0.15, 0.2) is 11.6 Å². The lowest BCUT2D eigenvalue weighted by atomic mass is 10.1. The van der Waals surface area contributed by atoms with Gasteiger partial charge in [-0.25, -0.2) is 0 Å². The van der Waals surface area contributed by atoms with Crippen molar-refractivity contribution >= 4 is 23.3 Å². The van der Waals surface area contributed by atoms with Gasteiger partial charge in [0.05, 0.1) is 5.75 Å². The molecule has 0 aliphatic carbocycles. The molecule has 2 N–H and O–H groups in total. The number of furan rings is 1. The normalized spacial score (nSPS) is 12.1. The van der Waals surface area contributed by atoms with Crippen LogP contribution in [0.15, 0.2) is 70.5 Å². The Morgan fingerprint density at radius 2 is 2.09 bits per heavy atom. The molecule has 32 heavy (non-hydrogen) atoms. The monoisotopic (exact) mass is 451 g/mol. The summed E-state index contributed by atoms with van der Waals surface area (Å²) in [6, 6.07) is 9.86. The van der Waals surface area contributed by atoms with Crippen molar-refractivity contribution in [2.24, 2.45) is 0 Å². The fraction of sp³-hybridized carbons (Fsp3) is 0.208. The third-order valence-corrected chi connectivity index (χ3v) is 5.52. The second-order valence-electron chi connectivity index (χ2n) is 7.02. The highest BCUT2D eigenvalue weighted by atomic mass is 32.2. The Morgan fingerprint density at radius 1 is 1.28 bits per heavy atom. The highest BCUT2D eigenvalue weighted by Crippen LogP contribution is 2.27. The van der Waals surface area contributed by atoms with E-state index in [1.165, 1.54) is 11.1 Å². The topological polar surface area (TPSA) is 101 Å². The number of nitrogens with one attached hydrogen (secondary N) is 1. The van der Waals surface area contributed by atoms with Crippen LogP contribution in [0.4, 0.5) is 0 Å². The van der Waals surface area contributed by atoms with Crippen molar-refractivity contribution in [1.29, 1.82) is 0 Å². The number of rotatable bonds is 10. The minimum absolute atomic E-state index is 0.113. The van der Waals surface area contributed by atoms with E-state index >= 15 is 0 Å². The fourth-order valence-corrected chi connectivity index (χ4v) is 3.34. The smallest absolute Gasteiger partial charge is 0.313 e. The summed E-state index contributed by atoms with van der Waals surface area (Å²) in [6.07, 6.45) is 5.45. The van der Waals surface area contributed by atoms with E-state index in [1.54, 1.807) is 12.1 Å². The van der Waals surface area contributed by atoms with Gasteiger partial charge in [-0.2, -0.15) is 4.98 Å². The number of aryl methyl sites for hydroxylation is 2. The van der Waals surface area contributed by atoms with Crippen molar-refractivity contribution in [2.75, 3.05) is 5.75 Å². The number of ether oxygens (including phenoxy) is 1. The van der Waals surface area contributed by atoms with E-state index in [1.807, 2.05) is 25.1 Å². The van der Waals surface area contributed by atoms with Gasteiger partial charge >= 0.3 is 5.97 Å². The van der Waals surface area contributed by atoms with E-state index in [0.717, 1.165) is 22.9 Å². The number of carbonyl (C=O) groups is 1. The lowest BCUT2D eigenvalue weighted by molar-refractivity contribution is -0.133. The van der Waals surface area contributed by atoms with Gasteiger partial charge in [-0.3, -0.25) is 9.89 Å². The zero-order valence-corrected chi connectivity index (χ0v) is 19.0. The number of hydrogen-bond acceptors (Lipinski definition) is 6. The summed E-state index contributed by atoms with van der Waals surface area (Å²) in [4.78, 5) is 15.0. The number of allylic oxidation sites excluding steroid dienone is 4. The van der Waals surface area contributed by atoms with E-state index in [0.29, 0.717) is 34.9 Å². The maximum absolute atomic E-state index is 10.7. The maximum Gasteiger partial charge on any atom is 0.313 e. The Labute approximate surface area is 190 Å². The molecular weight excluding hydrogens is 426 g/mol. The van der Waals surface area contributed by atoms with Gasteiger partial charge in [0.1, 0.15) is 18.1 Å². The quantitative estimate of drug-likeness (QED) is 0.237. The number of hydrogen-bond donors (Lipinski definition) is 2. The molecule has 3 aromatic rings. The second kappa shape index (κ2) is 10.7. The molecule has 0 radical (unpaired) electrons. The van der Waals surface area contributed by atoms with Crippen LogP contribution in [-0.2, 0) is 16.1 Å². The standard InChI is InChI=1S/C24H25N3O4S/c1-5-18(12-19(6-2)30-13-17-8-7-15(3)16(4)11-17)20-9-10-21(31-20)23-25-24(27-26-23)32-14-22(28)29/h5-12H,1,13-14H2,2-4H3,(H,28,29)(H,25,26,27)/b18-12+,19-6+. The van der Waals surface area contributed by atoms with E-state index in [4.69, 9.17) is 14.3 Å². The van der Waals surface area contributed by atoms with Crippen LogP contribution in [0.25, 0.3) is 17.2 Å². The van der Waals surface area contributed by atoms with Crippen LogP contribution < -0.4 is 0 Å². The van der Waals surface area contributed by atoms with Crippen LogP contribution in [0.1, 0.15) is 29.4 Å². The molecule has 0 bridgehead atoms. The summed E-state index contributed by atoms with van der Waals surface area (Å²) < 4.78 is 11.9. The van der Waals surface area contributed by atoms with Crippen LogP contribution in [0.5, 0.6) is 0 Å². The first-order chi connectivity index (χ1) is 15.4. The van der Waals surface area contributed by atoms with Crippen LogP contribution in [0.2, 0.25) is 0 Å². The second-order valence-corrected chi connectivity index (χ2v) is 7.96. The van der Waals surface area contributed by atoms with Gasteiger partial charge in [-0.15, -0.1) is 5.10 Å². The molecular formula is C24H25N3O4S. The number of nitrogens with zero attached hydrogens (tertiary/aromatic N) is 2. The summed E-state index contributed by atoms with van der Waals surface area (Å²) in [6.45, 7) is 10.4. The predicted molar refractivity (Wildman–Crippen MR) is 125 cm³/mol. The first kappa shape index (κ1) is 23.1. The first-order valence-electron chi connectivity index (χ1n) is 9.96. The van der Waals surface area contributed by atoms with Gasteiger partial charge in [0, 0.05) is 5.57 Å². The third-order valence-electron chi connectivity index (χ3n) is 4.69. The molecule has 3 rings (SSSR count). The molecule has 7 nitrogen and oxygen atoms in total. The molecule has 0 aliphatic rings. The number of carboxylic acid groups (broad SMARTS) is 1. The molecule has 2 heterocycles. The largest absolute Gasteiger partial charge is 0.489 e. The Balaban J connectivity index is 1.71. The summed E-state index contributed by atoms with van der Waals surface area (Å²) >= 11 is 1.03. The Kier molecular flexibility index (Phi) is 7.72. The van der Waals surface area contributed by atoms with E-state index < -0.39 is 5.97 Å². The van der Waals surface area contributed by atoms with Crippen molar-refractivity contribution in [2.45, 2.75) is 32.5 Å². The van der Waals surface area contributed by atoms with Crippen molar-refractivity contribution < 1.29 is 19.1 Å². The van der Waals surface area contributed by atoms with Gasteiger partial charge in [-0.1, -0.05) is 42.6 Å². The van der Waals surface area contributed by atoms with Crippen LogP contribution in [0.3, 0.4) is 0 Å². The Bertz CT molecular complexity index is 1170. The van der Waals surface area contributed by atoms with Gasteiger partial charge in [-0.05, 0) is 61.7 Å². The van der Waals surface area contributed by atoms with Crippen molar-refractivity contribution in [3.05, 3.63) is 83.3 Å². The minimum Gasteiger partial charge on any atom is -0.489 e. The highest BCUT2D eigenvalue weighted by molar-refractivity contribution is 7.99. The first-order valence-corrected chi connectivity index (χ1v) is 10.9. The van der Waals surface area contributed by atoms with E-state index in [-0.39, 0.29) is 5.75 Å². The molecule has 166 valence electrons. The number of aromatic nitrogens is 3. The molecule has 8 heteroatoms. The lowest BCUT2D eigenvalue weighted by Gasteiger charge is -2.10. The summed E-state index contributed by atoms with van der Waals surface area (Å²) in [5.41, 5.74) is 4.34. The molecule has 1 aromatic carbocycles. The van der Waals surface area contributed by atoms with Gasteiger partial charge < -0.3 is 14.3 Å². The Morgan fingerprint density at radius 3 is 2.78 bits per heavy atom. The van der Waals surface area contributed by atoms with Crippen molar-refractivity contribution in [3.8, 4) is 11.6 Å². The molecule has 0 saturated heterocycles. The zero-order chi connectivity index (χ0) is 23.1. The Hall–Kier alpha value is -3.52. The molecule has 0 aliphatic heterocycles. The van der Waals surface area contributed by atoms with E-state index in [9.17, 15) is 4.79 Å². The summed E-state index contributed by atoms with van der Waals surface area (Å²) in [5.74, 6) is 1.16. The molecule has 0 unspecified atom stereocenters. The zero-order valence-electron chi connectivity index (χ0n) is 18.2. The average Bonchev–Trinajstić information content (AvgIpc) is 3.44. The number of H-pyrrole nitrogens is 1. The third kappa shape index (κ3) is 6.01. The average molecular weight is 452 g/mol. The number of carboxylic acids is 1. The molecule has 0 atom stereocenters.